The van der Waals surface area contributed by atoms with Gasteiger partial charge in [0.05, 0.1) is 0 Å². The number of benzene rings is 1. The number of nitrogens with two attached hydrogens (primary N) is 2. The summed E-state index contributed by atoms with van der Waals surface area (Å²) in [7, 11) is -9.25. The van der Waals surface area contributed by atoms with E-state index >= 15 is 0 Å². The Morgan fingerprint density at radius 3 is 1.76 bits per heavy atom. The van der Waals surface area contributed by atoms with Crippen LogP contribution in [0.3, 0.4) is 0 Å². The molecule has 0 aliphatic carbocycles. The maximum Gasteiger partial charge on any atom is 0.573 e. The predicted molar refractivity (Wildman–Crippen MR) is 67.3 cm³/mol. The molecule has 0 bridgehead atoms. The molecule has 4 N–H and O–H groups in total. The number of hydrogen-bond donors (Lipinski definition) is 2. The van der Waals surface area contributed by atoms with Gasteiger partial charge in [-0.25, -0.2) is 27.1 Å². The van der Waals surface area contributed by atoms with Crippen molar-refractivity contribution in [2.75, 3.05) is 0 Å². The van der Waals surface area contributed by atoms with Gasteiger partial charge in [0, 0.05) is 0 Å². The average Bonchev–Trinajstić information content (AvgIpc) is 2.22. The van der Waals surface area contributed by atoms with Crippen LogP contribution in [0.4, 0.5) is 13.2 Å². The first-order valence-corrected chi connectivity index (χ1v) is 8.01. The molecule has 0 aromatic heterocycles. The summed E-state index contributed by atoms with van der Waals surface area (Å²) in [4.78, 5) is 0. The fourth-order valence-electron chi connectivity index (χ4n) is 1.23. The Labute approximate surface area is 118 Å². The van der Waals surface area contributed by atoms with Crippen LogP contribution < -0.4 is 15.0 Å². The third-order valence-electron chi connectivity index (χ3n) is 1.96. The number of rotatable bonds is 4. The van der Waals surface area contributed by atoms with Crippen molar-refractivity contribution >= 4 is 26.1 Å². The molecule has 0 unspecified atom stereocenters. The number of sulfonamides is 2. The van der Waals surface area contributed by atoms with Gasteiger partial charge in [-0.1, -0.05) is 12.1 Å². The minimum atomic E-state index is -4.89. The van der Waals surface area contributed by atoms with Crippen LogP contribution in [0.15, 0.2) is 28.5 Å². The van der Waals surface area contributed by atoms with Crippen molar-refractivity contribution in [2.24, 2.45) is 10.3 Å². The van der Waals surface area contributed by atoms with E-state index in [1.54, 1.807) is 0 Å². The fraction of sp³-hybridized carbons (Fsp3) is 0.111. The first-order valence-electron chi connectivity index (χ1n) is 4.92. The highest BCUT2D eigenvalue weighted by molar-refractivity contribution is 8.12. The maximum absolute atomic E-state index is 11.9. The van der Waals surface area contributed by atoms with Gasteiger partial charge in [0.15, 0.2) is 4.24 Å². The lowest BCUT2D eigenvalue weighted by atomic mass is 10.2. The van der Waals surface area contributed by atoms with Crippen LogP contribution in [-0.4, -0.2) is 23.2 Å². The third-order valence-corrected chi connectivity index (χ3v) is 4.71. The summed E-state index contributed by atoms with van der Waals surface area (Å²) in [6.07, 6.45) is -4.27. The second kappa shape index (κ2) is 5.63. The van der Waals surface area contributed by atoms with Gasteiger partial charge in [0.25, 0.3) is 0 Å². The van der Waals surface area contributed by atoms with Crippen molar-refractivity contribution < 1.29 is 34.7 Å². The van der Waals surface area contributed by atoms with Gasteiger partial charge in [-0.3, -0.25) is 0 Å². The van der Waals surface area contributed by atoms with Crippen molar-refractivity contribution in [1.29, 1.82) is 0 Å². The molecule has 0 radical (unpaired) electrons. The van der Waals surface area contributed by atoms with E-state index in [-0.39, 0.29) is 5.56 Å². The normalized spacial score (nSPS) is 12.8. The minimum absolute atomic E-state index is 0.0532. The van der Waals surface area contributed by atoms with E-state index in [1.807, 2.05) is 0 Å². The molecular formula is C9H9F3N2O5S2. The summed E-state index contributed by atoms with van der Waals surface area (Å²) in [6, 6.07) is 3.72. The zero-order valence-electron chi connectivity index (χ0n) is 10.0. The highest BCUT2D eigenvalue weighted by Gasteiger charge is 2.31. The van der Waals surface area contributed by atoms with Crippen molar-refractivity contribution in [1.82, 2.24) is 0 Å². The molecule has 0 spiro atoms. The molecule has 1 aromatic rings. The Morgan fingerprint density at radius 1 is 1.00 bits per heavy atom. The van der Waals surface area contributed by atoms with Gasteiger partial charge in [0.2, 0.25) is 20.0 Å². The summed E-state index contributed by atoms with van der Waals surface area (Å²) in [5.41, 5.74) is -0.0532. The Kier molecular flexibility index (Phi) is 4.67. The molecule has 0 saturated carbocycles. The van der Waals surface area contributed by atoms with E-state index in [2.05, 4.69) is 4.74 Å². The van der Waals surface area contributed by atoms with Crippen LogP contribution in [0.25, 0.3) is 6.08 Å². The molecule has 0 atom stereocenters. The van der Waals surface area contributed by atoms with Crippen molar-refractivity contribution in [2.45, 2.75) is 6.36 Å². The van der Waals surface area contributed by atoms with E-state index in [0.29, 0.717) is 6.08 Å². The van der Waals surface area contributed by atoms with Crippen LogP contribution in [0.1, 0.15) is 5.56 Å². The van der Waals surface area contributed by atoms with Crippen molar-refractivity contribution in [3.63, 3.8) is 0 Å². The molecule has 118 valence electrons. The van der Waals surface area contributed by atoms with Crippen molar-refractivity contribution in [3.8, 4) is 5.75 Å². The molecule has 0 aliphatic rings. The Hall–Kier alpha value is -1.63. The highest BCUT2D eigenvalue weighted by atomic mass is 32.3. The monoisotopic (exact) mass is 346 g/mol. The first kappa shape index (κ1) is 17.4. The van der Waals surface area contributed by atoms with Crippen LogP contribution in [-0.2, 0) is 20.0 Å². The second-order valence-electron chi connectivity index (χ2n) is 3.67. The van der Waals surface area contributed by atoms with Gasteiger partial charge in [-0.2, -0.15) is 0 Å². The zero-order chi connectivity index (χ0) is 16.5. The summed E-state index contributed by atoms with van der Waals surface area (Å²) in [5.74, 6) is -0.563. The van der Waals surface area contributed by atoms with Crippen LogP contribution in [0.5, 0.6) is 5.75 Å². The lowest BCUT2D eigenvalue weighted by Gasteiger charge is -2.08. The van der Waals surface area contributed by atoms with E-state index in [1.165, 1.54) is 0 Å². The Balaban J connectivity index is 3.20. The van der Waals surface area contributed by atoms with E-state index < -0.39 is 36.4 Å². The van der Waals surface area contributed by atoms with E-state index in [0.717, 1.165) is 24.3 Å². The van der Waals surface area contributed by atoms with E-state index in [9.17, 15) is 30.0 Å². The number of ether oxygens (including phenoxy) is 1. The Bertz CT molecular complexity index is 718. The molecule has 1 rings (SSSR count). The van der Waals surface area contributed by atoms with Gasteiger partial charge in [-0.15, -0.1) is 13.2 Å². The van der Waals surface area contributed by atoms with Gasteiger partial charge in [0.1, 0.15) is 5.75 Å². The topological polar surface area (TPSA) is 130 Å². The molecule has 7 nitrogen and oxygen atoms in total. The SMILES string of the molecule is NS(=O)(=O)C(=Cc1ccc(OC(F)(F)F)cc1)S(N)(=O)=O. The Morgan fingerprint density at radius 2 is 1.43 bits per heavy atom. The second-order valence-corrected chi connectivity index (χ2v) is 6.99. The van der Waals surface area contributed by atoms with Gasteiger partial charge >= 0.3 is 6.36 Å². The lowest BCUT2D eigenvalue weighted by Crippen LogP contribution is -2.26. The molecule has 1 aromatic carbocycles. The lowest BCUT2D eigenvalue weighted by molar-refractivity contribution is -0.274. The molecular weight excluding hydrogens is 337 g/mol. The highest BCUT2D eigenvalue weighted by Crippen LogP contribution is 2.23. The average molecular weight is 346 g/mol. The molecule has 21 heavy (non-hydrogen) atoms. The molecule has 12 heteroatoms. The summed E-state index contributed by atoms with van der Waals surface area (Å²) in [5, 5.41) is 9.40. The number of halogens is 3. The van der Waals surface area contributed by atoms with Crippen LogP contribution in [0, 0.1) is 0 Å². The predicted octanol–water partition coefficient (Wildman–Crippen LogP) is 0.461. The van der Waals surface area contributed by atoms with Crippen molar-refractivity contribution in [3.05, 3.63) is 34.1 Å². The van der Waals surface area contributed by atoms with E-state index in [4.69, 9.17) is 10.3 Å². The fourth-order valence-corrected chi connectivity index (χ4v) is 3.12. The minimum Gasteiger partial charge on any atom is -0.406 e. The maximum atomic E-state index is 11.9. The molecule has 0 heterocycles. The standard InChI is InChI=1S/C9H9F3N2O5S2/c10-9(11,12)19-7-3-1-6(2-4-7)5-8(20(13,15)16)21(14,17)18/h1-5H,(H2,13,15,16)(H2,14,17,18). The number of primary sulfonamides is 2. The third kappa shape index (κ3) is 5.71. The molecule has 0 saturated heterocycles. The van der Waals surface area contributed by atoms with Gasteiger partial charge < -0.3 is 4.74 Å². The smallest absolute Gasteiger partial charge is 0.406 e. The summed E-state index contributed by atoms with van der Waals surface area (Å²) >= 11 is 0. The van der Waals surface area contributed by atoms with Crippen LogP contribution in [0.2, 0.25) is 0 Å². The number of hydrogen-bond acceptors (Lipinski definition) is 5. The summed E-state index contributed by atoms with van der Waals surface area (Å²) < 4.78 is 82.6. The van der Waals surface area contributed by atoms with Crippen LogP contribution >= 0.6 is 0 Å². The molecule has 0 amide bonds. The molecule has 0 fully saturated rings. The van der Waals surface area contributed by atoms with Gasteiger partial charge in [-0.05, 0) is 23.8 Å². The summed E-state index contributed by atoms with van der Waals surface area (Å²) in [6.45, 7) is 0. The number of alkyl halides is 3. The molecule has 0 aliphatic heterocycles. The largest absolute Gasteiger partial charge is 0.573 e. The quantitative estimate of drug-likeness (QED) is 0.818. The zero-order valence-corrected chi connectivity index (χ0v) is 11.7. The first-order chi connectivity index (χ1) is 9.29.